The van der Waals surface area contributed by atoms with Crippen LogP contribution in [0.5, 0.6) is 5.88 Å². The molecule has 1 aromatic carbocycles. The van der Waals surface area contributed by atoms with Crippen LogP contribution in [0.25, 0.3) is 0 Å². The molecule has 1 aromatic heterocycles. The van der Waals surface area contributed by atoms with Gasteiger partial charge in [0.1, 0.15) is 11.9 Å². The number of piperidine rings is 1. The van der Waals surface area contributed by atoms with Crippen LogP contribution in [0.3, 0.4) is 0 Å². The molecule has 0 N–H and O–H groups in total. The van der Waals surface area contributed by atoms with E-state index >= 15 is 0 Å². The molecule has 1 aliphatic rings. The summed E-state index contributed by atoms with van der Waals surface area (Å²) >= 11 is 0. The lowest BCUT2D eigenvalue weighted by atomic mass is 10.1. The summed E-state index contributed by atoms with van der Waals surface area (Å²) in [5, 5.41) is 0. The monoisotopic (exact) mass is 325 g/mol. The van der Waals surface area contributed by atoms with Crippen LogP contribution < -0.4 is 4.74 Å². The Morgan fingerprint density at radius 2 is 1.96 bits per heavy atom. The van der Waals surface area contributed by atoms with Crippen LogP contribution in [0.4, 0.5) is 0 Å². The van der Waals surface area contributed by atoms with E-state index in [0.29, 0.717) is 18.1 Å². The molecular formula is C19H23N3O2. The zero-order chi connectivity index (χ0) is 16.8. The van der Waals surface area contributed by atoms with Crippen LogP contribution in [0.15, 0.2) is 42.6 Å². The Hall–Kier alpha value is -2.43. The summed E-state index contributed by atoms with van der Waals surface area (Å²) in [6, 6.07) is 11.9. The number of aryl methyl sites for hydroxylation is 2. The first-order valence-corrected chi connectivity index (χ1v) is 8.49. The number of hydrogen-bond donors (Lipinski definition) is 0. The molecule has 1 saturated heterocycles. The van der Waals surface area contributed by atoms with Crippen molar-refractivity contribution in [2.24, 2.45) is 0 Å². The van der Waals surface area contributed by atoms with Gasteiger partial charge in [0, 0.05) is 44.6 Å². The Morgan fingerprint density at radius 1 is 1.21 bits per heavy atom. The number of ether oxygens (including phenoxy) is 1. The van der Waals surface area contributed by atoms with Crippen LogP contribution in [0, 0.1) is 6.92 Å². The van der Waals surface area contributed by atoms with Crippen LogP contribution in [-0.4, -0.2) is 40.0 Å². The number of benzene rings is 1. The van der Waals surface area contributed by atoms with E-state index in [9.17, 15) is 4.79 Å². The van der Waals surface area contributed by atoms with Gasteiger partial charge in [-0.05, 0) is 18.9 Å². The summed E-state index contributed by atoms with van der Waals surface area (Å²) in [6.45, 7) is 3.35. The molecule has 1 aliphatic heterocycles. The summed E-state index contributed by atoms with van der Waals surface area (Å²) in [7, 11) is 0. The van der Waals surface area contributed by atoms with Crippen molar-refractivity contribution in [3.8, 4) is 5.88 Å². The zero-order valence-electron chi connectivity index (χ0n) is 14.0. The van der Waals surface area contributed by atoms with Crippen LogP contribution in [0.1, 0.15) is 30.7 Å². The summed E-state index contributed by atoms with van der Waals surface area (Å²) in [6.07, 6.45) is 4.90. The second-order valence-corrected chi connectivity index (χ2v) is 6.13. The topological polar surface area (TPSA) is 55.3 Å². The molecule has 0 radical (unpaired) electrons. The largest absolute Gasteiger partial charge is 0.474 e. The molecule has 0 atom stereocenters. The van der Waals surface area contributed by atoms with Crippen molar-refractivity contribution in [2.45, 2.75) is 38.7 Å². The fourth-order valence-corrected chi connectivity index (χ4v) is 2.95. The highest BCUT2D eigenvalue weighted by Crippen LogP contribution is 2.18. The molecule has 1 amide bonds. The van der Waals surface area contributed by atoms with Crippen molar-refractivity contribution >= 4 is 5.91 Å². The third-order valence-electron chi connectivity index (χ3n) is 4.30. The van der Waals surface area contributed by atoms with Crippen molar-refractivity contribution in [2.75, 3.05) is 13.1 Å². The fraction of sp³-hybridized carbons (Fsp3) is 0.421. The van der Waals surface area contributed by atoms with Crippen LogP contribution >= 0.6 is 0 Å². The number of likely N-dealkylation sites (tertiary alicyclic amines) is 1. The first-order chi connectivity index (χ1) is 11.7. The standard InChI is InChI=1S/C19H23N3O2/c1-15-20-12-9-18(21-15)24-17-10-13-22(14-11-17)19(23)8-7-16-5-3-2-4-6-16/h2-6,9,12,17H,7-8,10-11,13-14H2,1H3. The van der Waals surface area contributed by atoms with Gasteiger partial charge in [0.05, 0.1) is 0 Å². The maximum atomic E-state index is 12.3. The first-order valence-electron chi connectivity index (χ1n) is 8.49. The Balaban J connectivity index is 1.43. The quantitative estimate of drug-likeness (QED) is 0.848. The van der Waals surface area contributed by atoms with Gasteiger partial charge in [-0.15, -0.1) is 0 Å². The summed E-state index contributed by atoms with van der Waals surface area (Å²) in [4.78, 5) is 22.6. The van der Waals surface area contributed by atoms with E-state index in [1.165, 1.54) is 5.56 Å². The highest BCUT2D eigenvalue weighted by atomic mass is 16.5. The van der Waals surface area contributed by atoms with Crippen LogP contribution in [-0.2, 0) is 11.2 Å². The highest BCUT2D eigenvalue weighted by molar-refractivity contribution is 5.76. The van der Waals surface area contributed by atoms with Crippen molar-refractivity contribution in [3.63, 3.8) is 0 Å². The van der Waals surface area contributed by atoms with E-state index < -0.39 is 0 Å². The molecule has 5 nitrogen and oxygen atoms in total. The average molecular weight is 325 g/mol. The maximum Gasteiger partial charge on any atom is 0.222 e. The molecule has 2 heterocycles. The van der Waals surface area contributed by atoms with E-state index in [1.54, 1.807) is 12.3 Å². The van der Waals surface area contributed by atoms with E-state index in [4.69, 9.17) is 4.74 Å². The zero-order valence-corrected chi connectivity index (χ0v) is 14.0. The van der Waals surface area contributed by atoms with E-state index in [-0.39, 0.29) is 12.0 Å². The predicted octanol–water partition coefficient (Wildman–Crippen LogP) is 2.79. The second kappa shape index (κ2) is 7.90. The number of amides is 1. The van der Waals surface area contributed by atoms with Gasteiger partial charge in [-0.25, -0.2) is 4.98 Å². The molecule has 0 aliphatic carbocycles. The Labute approximate surface area is 142 Å². The van der Waals surface area contributed by atoms with Gasteiger partial charge in [-0.1, -0.05) is 30.3 Å². The molecule has 0 unspecified atom stereocenters. The molecule has 2 aromatic rings. The van der Waals surface area contributed by atoms with Gasteiger partial charge in [0.15, 0.2) is 0 Å². The maximum absolute atomic E-state index is 12.3. The molecule has 3 rings (SSSR count). The van der Waals surface area contributed by atoms with E-state index in [0.717, 1.165) is 32.4 Å². The smallest absolute Gasteiger partial charge is 0.222 e. The Morgan fingerprint density at radius 3 is 2.67 bits per heavy atom. The third-order valence-corrected chi connectivity index (χ3v) is 4.30. The molecular weight excluding hydrogens is 302 g/mol. The molecule has 0 bridgehead atoms. The SMILES string of the molecule is Cc1nccc(OC2CCN(C(=O)CCc3ccccc3)CC2)n1. The summed E-state index contributed by atoms with van der Waals surface area (Å²) in [5.74, 6) is 1.56. The first kappa shape index (κ1) is 16.4. The number of carbonyl (C=O) groups excluding carboxylic acids is 1. The second-order valence-electron chi connectivity index (χ2n) is 6.13. The Bertz CT molecular complexity index is 667. The molecule has 1 fully saturated rings. The lowest BCUT2D eigenvalue weighted by Gasteiger charge is -2.32. The minimum Gasteiger partial charge on any atom is -0.474 e. The number of hydrogen-bond acceptors (Lipinski definition) is 4. The minimum absolute atomic E-state index is 0.123. The van der Waals surface area contributed by atoms with Crippen molar-refractivity contribution < 1.29 is 9.53 Å². The predicted molar refractivity (Wildman–Crippen MR) is 91.8 cm³/mol. The average Bonchev–Trinajstić information content (AvgIpc) is 2.61. The van der Waals surface area contributed by atoms with Crippen molar-refractivity contribution in [1.29, 1.82) is 0 Å². The van der Waals surface area contributed by atoms with Gasteiger partial charge in [0.25, 0.3) is 0 Å². The minimum atomic E-state index is 0.123. The summed E-state index contributed by atoms with van der Waals surface area (Å²) < 4.78 is 5.90. The van der Waals surface area contributed by atoms with Gasteiger partial charge in [0.2, 0.25) is 11.8 Å². The molecule has 0 saturated carbocycles. The highest BCUT2D eigenvalue weighted by Gasteiger charge is 2.24. The number of aromatic nitrogens is 2. The van der Waals surface area contributed by atoms with Crippen LogP contribution in [0.2, 0.25) is 0 Å². The van der Waals surface area contributed by atoms with E-state index in [1.807, 2.05) is 30.0 Å². The molecule has 24 heavy (non-hydrogen) atoms. The van der Waals surface area contributed by atoms with E-state index in [2.05, 4.69) is 22.1 Å². The van der Waals surface area contributed by atoms with Crippen molar-refractivity contribution in [1.82, 2.24) is 14.9 Å². The van der Waals surface area contributed by atoms with Crippen molar-refractivity contribution in [3.05, 3.63) is 54.0 Å². The molecule has 0 spiro atoms. The fourth-order valence-electron chi connectivity index (χ4n) is 2.95. The van der Waals surface area contributed by atoms with Gasteiger partial charge < -0.3 is 9.64 Å². The van der Waals surface area contributed by atoms with Gasteiger partial charge >= 0.3 is 0 Å². The third kappa shape index (κ3) is 4.54. The number of rotatable bonds is 5. The summed E-state index contributed by atoms with van der Waals surface area (Å²) in [5.41, 5.74) is 1.21. The van der Waals surface area contributed by atoms with Gasteiger partial charge in [-0.3, -0.25) is 4.79 Å². The molecule has 5 heteroatoms. The van der Waals surface area contributed by atoms with Gasteiger partial charge in [-0.2, -0.15) is 4.98 Å². The number of carbonyl (C=O) groups is 1. The molecule has 126 valence electrons. The normalized spacial score (nSPS) is 15.3. The lowest BCUT2D eigenvalue weighted by molar-refractivity contribution is -0.132. The number of nitrogens with zero attached hydrogens (tertiary/aromatic N) is 3. The Kier molecular flexibility index (Phi) is 5.41. The lowest BCUT2D eigenvalue weighted by Crippen LogP contribution is -2.41.